The van der Waals surface area contributed by atoms with Crippen molar-refractivity contribution in [1.82, 2.24) is 25.1 Å². The Bertz CT molecular complexity index is 812. The van der Waals surface area contributed by atoms with Crippen molar-refractivity contribution in [3.8, 4) is 28.3 Å². The normalized spacial score (nSPS) is 11.0. The fraction of sp³-hybridized carbons (Fsp3) is 0.278. The molecule has 0 saturated carbocycles. The Morgan fingerprint density at radius 1 is 1.20 bits per heavy atom. The van der Waals surface area contributed by atoms with E-state index in [2.05, 4.69) is 20.4 Å². The second-order valence-corrected chi connectivity index (χ2v) is 5.78. The molecule has 2 aromatic heterocycles. The zero-order valence-corrected chi connectivity index (χ0v) is 14.1. The summed E-state index contributed by atoms with van der Waals surface area (Å²) in [5, 5.41) is 26.6. The van der Waals surface area contributed by atoms with E-state index in [1.54, 1.807) is 18.3 Å². The van der Waals surface area contributed by atoms with Gasteiger partial charge in [0.1, 0.15) is 17.8 Å². The average Bonchev–Trinajstić information content (AvgIpc) is 3.03. The van der Waals surface area contributed by atoms with E-state index >= 15 is 0 Å². The highest BCUT2D eigenvalue weighted by Crippen LogP contribution is 2.32. The van der Waals surface area contributed by atoms with Crippen LogP contribution >= 0.6 is 0 Å². The summed E-state index contributed by atoms with van der Waals surface area (Å²) >= 11 is 0. The lowest BCUT2D eigenvalue weighted by atomic mass is 10.0. The second kappa shape index (κ2) is 7.87. The number of hydrogen-bond acceptors (Lipinski definition) is 6. The largest absolute Gasteiger partial charge is 0.508 e. The summed E-state index contributed by atoms with van der Waals surface area (Å²) < 4.78 is 1.84. The highest BCUT2D eigenvalue weighted by Gasteiger charge is 2.15. The summed E-state index contributed by atoms with van der Waals surface area (Å²) in [5.74, 6) is 0.211. The van der Waals surface area contributed by atoms with Crippen molar-refractivity contribution in [1.29, 1.82) is 0 Å². The number of aromatic nitrogens is 4. The lowest BCUT2D eigenvalue weighted by Crippen LogP contribution is -2.23. The minimum Gasteiger partial charge on any atom is -0.508 e. The molecule has 7 heteroatoms. The summed E-state index contributed by atoms with van der Waals surface area (Å²) in [7, 11) is 0. The van der Waals surface area contributed by atoms with Crippen LogP contribution in [-0.4, -0.2) is 49.7 Å². The standard InChI is InChI=1S/C18H21N5O2/c1-13-8-14(10-15(25)9-13)18-16(17-2-3-20-12-21-17)11-23(22-18)6-4-19-5-7-24/h2-3,8-12,19,24-25H,4-7H2,1H3. The molecule has 0 unspecified atom stereocenters. The smallest absolute Gasteiger partial charge is 0.116 e. The molecule has 3 aromatic rings. The number of nitrogens with one attached hydrogen (secondary N) is 1. The lowest BCUT2D eigenvalue weighted by Gasteiger charge is -2.04. The van der Waals surface area contributed by atoms with Crippen LogP contribution < -0.4 is 5.32 Å². The summed E-state index contributed by atoms with van der Waals surface area (Å²) in [4.78, 5) is 8.29. The van der Waals surface area contributed by atoms with Gasteiger partial charge in [-0.3, -0.25) is 4.68 Å². The van der Waals surface area contributed by atoms with E-state index < -0.39 is 0 Å². The topological polar surface area (TPSA) is 96.1 Å². The number of aliphatic hydroxyl groups excluding tert-OH is 1. The van der Waals surface area contributed by atoms with Gasteiger partial charge in [-0.2, -0.15) is 5.10 Å². The van der Waals surface area contributed by atoms with Crippen LogP contribution in [0.4, 0.5) is 0 Å². The number of rotatable bonds is 7. The lowest BCUT2D eigenvalue weighted by molar-refractivity contribution is 0.291. The van der Waals surface area contributed by atoms with Crippen LogP contribution in [0.15, 0.2) is 43.0 Å². The zero-order valence-electron chi connectivity index (χ0n) is 14.1. The third kappa shape index (κ3) is 4.20. The van der Waals surface area contributed by atoms with Gasteiger partial charge in [0.2, 0.25) is 0 Å². The molecule has 0 atom stereocenters. The van der Waals surface area contributed by atoms with Crippen molar-refractivity contribution >= 4 is 0 Å². The van der Waals surface area contributed by atoms with Crippen LogP contribution in [0.5, 0.6) is 5.75 Å². The van der Waals surface area contributed by atoms with E-state index in [1.807, 2.05) is 29.9 Å². The van der Waals surface area contributed by atoms with E-state index in [9.17, 15) is 5.11 Å². The van der Waals surface area contributed by atoms with Crippen LogP contribution in [0.25, 0.3) is 22.5 Å². The predicted molar refractivity (Wildman–Crippen MR) is 95.0 cm³/mol. The van der Waals surface area contributed by atoms with Gasteiger partial charge in [0.25, 0.3) is 0 Å². The predicted octanol–water partition coefficient (Wildman–Crippen LogP) is 1.60. The quantitative estimate of drug-likeness (QED) is 0.566. The summed E-state index contributed by atoms with van der Waals surface area (Å²) in [5.41, 5.74) is 4.23. The fourth-order valence-corrected chi connectivity index (χ4v) is 2.68. The molecular weight excluding hydrogens is 318 g/mol. The van der Waals surface area contributed by atoms with Crippen molar-refractivity contribution < 1.29 is 10.2 Å². The van der Waals surface area contributed by atoms with Gasteiger partial charge in [0.15, 0.2) is 0 Å². The van der Waals surface area contributed by atoms with E-state index in [-0.39, 0.29) is 12.4 Å². The SMILES string of the molecule is Cc1cc(O)cc(-c2nn(CCNCCO)cc2-c2ccncn2)c1. The molecule has 3 N–H and O–H groups in total. The van der Waals surface area contributed by atoms with Gasteiger partial charge >= 0.3 is 0 Å². The van der Waals surface area contributed by atoms with Gasteiger partial charge in [0.05, 0.1) is 18.8 Å². The van der Waals surface area contributed by atoms with Gasteiger partial charge in [-0.15, -0.1) is 0 Å². The maximum atomic E-state index is 9.93. The van der Waals surface area contributed by atoms with E-state index in [0.29, 0.717) is 19.6 Å². The van der Waals surface area contributed by atoms with Crippen LogP contribution in [-0.2, 0) is 6.54 Å². The minimum absolute atomic E-state index is 0.110. The third-order valence-corrected chi connectivity index (χ3v) is 3.76. The van der Waals surface area contributed by atoms with Crippen molar-refractivity contribution in [2.24, 2.45) is 0 Å². The highest BCUT2D eigenvalue weighted by molar-refractivity contribution is 5.79. The Labute approximate surface area is 146 Å². The Morgan fingerprint density at radius 2 is 2.08 bits per heavy atom. The van der Waals surface area contributed by atoms with Gasteiger partial charge in [-0.25, -0.2) is 9.97 Å². The highest BCUT2D eigenvalue weighted by atomic mass is 16.3. The number of benzene rings is 1. The van der Waals surface area contributed by atoms with E-state index in [1.165, 1.54) is 6.33 Å². The zero-order chi connectivity index (χ0) is 17.6. The molecule has 7 nitrogen and oxygen atoms in total. The molecule has 3 rings (SSSR count). The van der Waals surface area contributed by atoms with E-state index in [0.717, 1.165) is 28.1 Å². The van der Waals surface area contributed by atoms with Crippen LogP contribution in [0.1, 0.15) is 5.56 Å². The Hall–Kier alpha value is -2.77. The molecule has 0 spiro atoms. The monoisotopic (exact) mass is 339 g/mol. The molecule has 130 valence electrons. The second-order valence-electron chi connectivity index (χ2n) is 5.78. The summed E-state index contributed by atoms with van der Waals surface area (Å²) in [6.45, 7) is 3.96. The van der Waals surface area contributed by atoms with Crippen LogP contribution in [0.3, 0.4) is 0 Å². The first-order chi connectivity index (χ1) is 12.2. The molecule has 0 aliphatic heterocycles. The number of aryl methyl sites for hydroxylation is 1. The van der Waals surface area contributed by atoms with Crippen LogP contribution in [0, 0.1) is 6.92 Å². The molecule has 2 heterocycles. The molecule has 1 aromatic carbocycles. The average molecular weight is 339 g/mol. The molecular formula is C18H21N5O2. The first kappa shape index (κ1) is 17.1. The van der Waals surface area contributed by atoms with Crippen molar-refractivity contribution in [2.45, 2.75) is 13.5 Å². The number of aromatic hydroxyl groups is 1. The number of aliphatic hydroxyl groups is 1. The molecule has 0 saturated heterocycles. The minimum atomic E-state index is 0.110. The first-order valence-corrected chi connectivity index (χ1v) is 8.14. The molecule has 0 aliphatic carbocycles. The van der Waals surface area contributed by atoms with Gasteiger partial charge in [0, 0.05) is 36.6 Å². The molecule has 0 aliphatic rings. The maximum absolute atomic E-state index is 9.93. The number of nitrogens with zero attached hydrogens (tertiary/aromatic N) is 4. The van der Waals surface area contributed by atoms with Gasteiger partial charge < -0.3 is 15.5 Å². The summed E-state index contributed by atoms with van der Waals surface area (Å²) in [6, 6.07) is 7.24. The van der Waals surface area contributed by atoms with Crippen LogP contribution in [0.2, 0.25) is 0 Å². The fourth-order valence-electron chi connectivity index (χ4n) is 2.68. The first-order valence-electron chi connectivity index (χ1n) is 8.14. The molecule has 0 amide bonds. The molecule has 0 radical (unpaired) electrons. The number of hydrogen-bond donors (Lipinski definition) is 3. The number of phenolic OH excluding ortho intramolecular Hbond substituents is 1. The molecule has 0 fully saturated rings. The van der Waals surface area contributed by atoms with Gasteiger partial charge in [-0.05, 0) is 36.8 Å². The van der Waals surface area contributed by atoms with Crippen molar-refractivity contribution in [2.75, 3.05) is 19.7 Å². The summed E-state index contributed by atoms with van der Waals surface area (Å²) in [6.07, 6.45) is 5.14. The maximum Gasteiger partial charge on any atom is 0.116 e. The Balaban J connectivity index is 1.98. The Morgan fingerprint density at radius 3 is 2.80 bits per heavy atom. The van der Waals surface area contributed by atoms with E-state index in [4.69, 9.17) is 5.11 Å². The third-order valence-electron chi connectivity index (χ3n) is 3.76. The van der Waals surface area contributed by atoms with Gasteiger partial charge in [-0.1, -0.05) is 0 Å². The molecule has 25 heavy (non-hydrogen) atoms. The number of phenols is 1. The molecule has 0 bridgehead atoms. The Kier molecular flexibility index (Phi) is 5.37. The van der Waals surface area contributed by atoms with Crippen molar-refractivity contribution in [3.05, 3.63) is 48.5 Å². The van der Waals surface area contributed by atoms with Crippen molar-refractivity contribution in [3.63, 3.8) is 0 Å².